The summed E-state index contributed by atoms with van der Waals surface area (Å²) >= 11 is 0. The summed E-state index contributed by atoms with van der Waals surface area (Å²) in [6.07, 6.45) is 0. The van der Waals surface area contributed by atoms with Gasteiger partial charge in [0.1, 0.15) is 0 Å². The molecule has 10 aromatic carbocycles. The summed E-state index contributed by atoms with van der Waals surface area (Å²) in [5, 5.41) is 10.3. The number of hydrogen-bond acceptors (Lipinski definition) is 3. The third-order valence-electron chi connectivity index (χ3n) is 12.8. The second-order valence-corrected chi connectivity index (χ2v) is 20.0. The lowest BCUT2D eigenvalue weighted by Crippen LogP contribution is -2.66. The van der Waals surface area contributed by atoms with Crippen LogP contribution < -0.4 is 15.6 Å². The van der Waals surface area contributed by atoms with Crippen LogP contribution in [0.15, 0.2) is 243 Å². The summed E-state index contributed by atoms with van der Waals surface area (Å²) in [5.74, 6) is 5.86. The van der Waals surface area contributed by atoms with Crippen molar-refractivity contribution in [1.29, 1.82) is 0 Å². The van der Waals surface area contributed by atoms with Crippen LogP contribution in [0.2, 0.25) is 0 Å². The first-order chi connectivity index (χ1) is 32.7. The molecule has 308 valence electrons. The van der Waals surface area contributed by atoms with Gasteiger partial charge in [-0.25, -0.2) is 15.0 Å². The van der Waals surface area contributed by atoms with E-state index in [0.717, 1.165) is 49.5 Å². The van der Waals surface area contributed by atoms with Gasteiger partial charge in [-0.2, -0.15) is 0 Å². The molecule has 0 radical (unpaired) electrons. The largest absolute Gasteiger partial charge is 0.309 e. The smallest absolute Gasteiger partial charge is 0.230 e. The van der Waals surface area contributed by atoms with E-state index >= 15 is 0 Å². The maximum absolute atomic E-state index is 5.25. The van der Waals surface area contributed by atoms with Crippen LogP contribution in [0, 0.1) is 11.5 Å². The lowest BCUT2D eigenvalue weighted by molar-refractivity contribution is 1.08. The van der Waals surface area contributed by atoms with Crippen molar-refractivity contribution in [3.05, 3.63) is 248 Å². The molecule has 0 fully saturated rings. The fourth-order valence-electron chi connectivity index (χ4n) is 9.73. The third-order valence-corrected chi connectivity index (χ3v) is 16.8. The molecule has 5 heteroatoms. The van der Waals surface area contributed by atoms with E-state index in [-0.39, 0.29) is 0 Å². The molecule has 0 saturated heterocycles. The van der Waals surface area contributed by atoms with Crippen LogP contribution in [-0.2, 0) is 0 Å². The summed E-state index contributed by atoms with van der Waals surface area (Å²) in [6, 6.07) is 86.0. The number of fused-ring (bicyclic) bond motifs is 5. The van der Waals surface area contributed by atoms with Crippen LogP contribution in [0.25, 0.3) is 83.2 Å². The molecule has 0 amide bonds. The first-order valence-electron chi connectivity index (χ1n) is 22.3. The van der Waals surface area contributed by atoms with E-state index in [9.17, 15) is 0 Å². The number of nitrogens with zero attached hydrogens (tertiary/aromatic N) is 4. The molecule has 12 rings (SSSR count). The highest BCUT2D eigenvalue weighted by molar-refractivity contribution is 7.17. The summed E-state index contributed by atoms with van der Waals surface area (Å²) in [5.41, 5.74) is 11.5. The molecule has 0 saturated carbocycles. The van der Waals surface area contributed by atoms with E-state index in [1.165, 1.54) is 37.4 Å². The van der Waals surface area contributed by atoms with Crippen molar-refractivity contribution in [3.63, 3.8) is 0 Å². The average Bonchev–Trinajstić information content (AvgIpc) is 3.73. The molecule has 12 aromatic rings. The summed E-state index contributed by atoms with van der Waals surface area (Å²) < 4.78 is 2.38. The first kappa shape index (κ1) is 38.9. The molecular weight excluding hydrogens is 817 g/mol. The van der Waals surface area contributed by atoms with Gasteiger partial charge in [-0.05, 0) is 61.4 Å². The van der Waals surface area contributed by atoms with Gasteiger partial charge in [0.2, 0.25) is 8.07 Å². The minimum Gasteiger partial charge on any atom is -0.309 e. The minimum absolute atomic E-state index is 0.620. The van der Waals surface area contributed by atoms with Gasteiger partial charge in [-0.3, -0.25) is 0 Å². The zero-order valence-electron chi connectivity index (χ0n) is 35.9. The number of hydrogen-bond donors (Lipinski definition) is 0. The van der Waals surface area contributed by atoms with Crippen molar-refractivity contribution in [1.82, 2.24) is 19.5 Å². The number of para-hydroxylation sites is 2. The fourth-order valence-corrected chi connectivity index (χ4v) is 13.6. The van der Waals surface area contributed by atoms with Gasteiger partial charge in [-0.1, -0.05) is 224 Å². The van der Waals surface area contributed by atoms with Crippen molar-refractivity contribution in [2.24, 2.45) is 0 Å². The standard InChI is InChI=1S/C61H40N4Si/c1-6-22-43(23-7-1)59-62-60(44-24-8-2-9-25-44)64-61(63-59)58-53-35-18-16-32-49(53)51(50-33-17-19-36-54(50)58)40-41-66(46-28-12-4-13-29-46,47-30-14-5-15-31-47)48-38-39-57-55(42-48)52-34-20-21-37-56(52)65(57)45-26-10-3-11-27-45/h1-39,42H. The molecule has 0 atom stereocenters. The fraction of sp³-hybridized carbons (Fsp3) is 0. The average molecular weight is 857 g/mol. The molecule has 4 nitrogen and oxygen atoms in total. The van der Waals surface area contributed by atoms with E-state index in [0.29, 0.717) is 17.5 Å². The normalized spacial score (nSPS) is 11.5. The Labute approximate surface area is 384 Å². The molecule has 0 N–H and O–H groups in total. The van der Waals surface area contributed by atoms with Crippen molar-refractivity contribution in [2.75, 3.05) is 0 Å². The van der Waals surface area contributed by atoms with Crippen molar-refractivity contribution in [2.45, 2.75) is 0 Å². The number of benzene rings is 10. The summed E-state index contributed by atoms with van der Waals surface area (Å²) in [6.45, 7) is 0. The van der Waals surface area contributed by atoms with Gasteiger partial charge in [0, 0.05) is 38.7 Å². The van der Waals surface area contributed by atoms with Gasteiger partial charge in [-0.15, -0.1) is 5.54 Å². The highest BCUT2D eigenvalue weighted by Crippen LogP contribution is 2.39. The lowest BCUT2D eigenvalue weighted by atomic mass is 9.91. The summed E-state index contributed by atoms with van der Waals surface area (Å²) in [7, 11) is -3.13. The Morgan fingerprint density at radius 1 is 0.333 bits per heavy atom. The van der Waals surface area contributed by atoms with E-state index in [2.05, 4.69) is 222 Å². The highest BCUT2D eigenvalue weighted by atomic mass is 28.3. The Morgan fingerprint density at radius 2 is 0.758 bits per heavy atom. The highest BCUT2D eigenvalue weighted by Gasteiger charge is 2.39. The number of aromatic nitrogens is 4. The second kappa shape index (κ2) is 16.5. The Hall–Kier alpha value is -8.69. The molecule has 0 unspecified atom stereocenters. The number of rotatable bonds is 7. The maximum atomic E-state index is 5.25. The molecule has 0 aliphatic heterocycles. The van der Waals surface area contributed by atoms with Gasteiger partial charge in [0.15, 0.2) is 17.5 Å². The predicted octanol–water partition coefficient (Wildman–Crippen LogP) is 12.3. The predicted molar refractivity (Wildman–Crippen MR) is 276 cm³/mol. The van der Waals surface area contributed by atoms with Crippen LogP contribution in [0.5, 0.6) is 0 Å². The minimum atomic E-state index is -3.13. The van der Waals surface area contributed by atoms with Gasteiger partial charge in [0.05, 0.1) is 11.0 Å². The van der Waals surface area contributed by atoms with Crippen LogP contribution >= 0.6 is 0 Å². The Balaban J connectivity index is 1.14. The Bertz CT molecular complexity index is 3650. The zero-order valence-corrected chi connectivity index (χ0v) is 36.9. The van der Waals surface area contributed by atoms with E-state index in [1.54, 1.807) is 0 Å². The van der Waals surface area contributed by atoms with Crippen molar-refractivity contribution >= 4 is 67.0 Å². The van der Waals surface area contributed by atoms with Crippen LogP contribution in [0.1, 0.15) is 5.56 Å². The van der Waals surface area contributed by atoms with Gasteiger partial charge < -0.3 is 4.57 Å². The van der Waals surface area contributed by atoms with Crippen LogP contribution in [0.4, 0.5) is 0 Å². The van der Waals surface area contributed by atoms with E-state index < -0.39 is 8.07 Å². The molecule has 0 spiro atoms. The first-order valence-corrected chi connectivity index (χ1v) is 24.3. The molecule has 2 heterocycles. The van der Waals surface area contributed by atoms with Gasteiger partial charge in [0.25, 0.3) is 0 Å². The zero-order chi connectivity index (χ0) is 43.9. The molecule has 0 bridgehead atoms. The summed E-state index contributed by atoms with van der Waals surface area (Å²) in [4.78, 5) is 15.5. The quantitative estimate of drug-likeness (QED) is 0.0694. The molecule has 0 aliphatic carbocycles. The molecule has 2 aromatic heterocycles. The monoisotopic (exact) mass is 856 g/mol. The van der Waals surface area contributed by atoms with Gasteiger partial charge >= 0.3 is 0 Å². The van der Waals surface area contributed by atoms with Crippen LogP contribution in [-0.4, -0.2) is 27.6 Å². The second-order valence-electron chi connectivity index (χ2n) is 16.5. The third kappa shape index (κ3) is 6.59. The van der Waals surface area contributed by atoms with Crippen molar-refractivity contribution in [3.8, 4) is 51.3 Å². The van der Waals surface area contributed by atoms with E-state index in [1.807, 2.05) is 36.4 Å². The Kier molecular flexibility index (Phi) is 9.71. The molecule has 66 heavy (non-hydrogen) atoms. The molecular formula is C61H40N4Si. The van der Waals surface area contributed by atoms with Crippen LogP contribution in [0.3, 0.4) is 0 Å². The van der Waals surface area contributed by atoms with E-state index in [4.69, 9.17) is 15.0 Å². The SMILES string of the molecule is C(#C[Si](c1ccccc1)(c1ccccc1)c1ccc2c(c1)c1ccccc1n2-c1ccccc1)c1c2ccccc2c(-c2nc(-c3ccccc3)nc(-c3ccccc3)n2)c2ccccc12. The lowest BCUT2D eigenvalue weighted by Gasteiger charge is -2.28. The maximum Gasteiger partial charge on any atom is 0.230 e. The van der Waals surface area contributed by atoms with Crippen molar-refractivity contribution < 1.29 is 0 Å². The molecule has 0 aliphatic rings. The topological polar surface area (TPSA) is 43.6 Å². The Morgan fingerprint density at radius 3 is 1.30 bits per heavy atom.